The van der Waals surface area contributed by atoms with Gasteiger partial charge in [0.1, 0.15) is 11.3 Å². The highest BCUT2D eigenvalue weighted by atomic mass is 35.5. The number of carbonyl (C=O) groups is 1. The number of anilines is 1. The van der Waals surface area contributed by atoms with Crippen LogP contribution in [0.25, 0.3) is 10.2 Å². The zero-order valence-corrected chi connectivity index (χ0v) is 16.0. The molecular formula is C21H17ClN2O2S. The number of rotatable bonds is 6. The van der Waals surface area contributed by atoms with Gasteiger partial charge in [-0.25, -0.2) is 4.98 Å². The number of para-hydroxylation sites is 1. The summed E-state index contributed by atoms with van der Waals surface area (Å²) in [6.07, 6.45) is 2.69. The Balaban J connectivity index is 1.61. The number of aromatic nitrogens is 1. The maximum atomic E-state index is 13.0. The lowest BCUT2D eigenvalue weighted by Gasteiger charge is -2.18. The minimum atomic E-state index is 0.00503. The largest absolute Gasteiger partial charge is 0.467 e. The second kappa shape index (κ2) is 7.94. The first-order chi connectivity index (χ1) is 13.2. The van der Waals surface area contributed by atoms with E-state index in [2.05, 4.69) is 4.98 Å². The van der Waals surface area contributed by atoms with E-state index in [0.717, 1.165) is 15.8 Å². The first-order valence-electron chi connectivity index (χ1n) is 8.62. The minimum absolute atomic E-state index is 0.00503. The molecule has 0 radical (unpaired) electrons. The quantitative estimate of drug-likeness (QED) is 0.419. The van der Waals surface area contributed by atoms with E-state index in [1.807, 2.05) is 60.7 Å². The van der Waals surface area contributed by atoms with Crippen molar-refractivity contribution in [1.82, 2.24) is 4.98 Å². The molecule has 4 aromatic rings. The number of benzene rings is 2. The molecule has 0 aliphatic heterocycles. The maximum absolute atomic E-state index is 13.0. The van der Waals surface area contributed by atoms with Crippen LogP contribution in [0, 0.1) is 0 Å². The first-order valence-corrected chi connectivity index (χ1v) is 9.82. The van der Waals surface area contributed by atoms with Crippen molar-refractivity contribution in [3.8, 4) is 0 Å². The van der Waals surface area contributed by atoms with Gasteiger partial charge in [0.2, 0.25) is 5.91 Å². The van der Waals surface area contributed by atoms with Crippen LogP contribution in [0.2, 0.25) is 5.02 Å². The Kier molecular flexibility index (Phi) is 5.23. The number of amides is 1. The average Bonchev–Trinajstić information content (AvgIpc) is 3.35. The van der Waals surface area contributed by atoms with Gasteiger partial charge in [0.05, 0.1) is 22.5 Å². The van der Waals surface area contributed by atoms with E-state index >= 15 is 0 Å². The van der Waals surface area contributed by atoms with Crippen molar-refractivity contribution < 1.29 is 9.21 Å². The second-order valence-electron chi connectivity index (χ2n) is 6.13. The van der Waals surface area contributed by atoms with Crippen LogP contribution in [0.1, 0.15) is 17.7 Å². The molecule has 1 amide bonds. The number of fused-ring (bicyclic) bond motifs is 1. The van der Waals surface area contributed by atoms with E-state index in [0.29, 0.717) is 35.3 Å². The fraction of sp³-hybridized carbons (Fsp3) is 0.143. The number of furan rings is 1. The van der Waals surface area contributed by atoms with Crippen molar-refractivity contribution in [3.63, 3.8) is 0 Å². The van der Waals surface area contributed by atoms with Gasteiger partial charge in [0.15, 0.2) is 5.13 Å². The molecule has 0 saturated carbocycles. The van der Waals surface area contributed by atoms with Crippen molar-refractivity contribution >= 4 is 44.2 Å². The van der Waals surface area contributed by atoms with Gasteiger partial charge in [-0.2, -0.15) is 0 Å². The van der Waals surface area contributed by atoms with Gasteiger partial charge in [-0.1, -0.05) is 59.3 Å². The number of hydrogen-bond acceptors (Lipinski definition) is 4. The molecule has 0 aliphatic rings. The number of halogens is 1. The van der Waals surface area contributed by atoms with Gasteiger partial charge in [-0.15, -0.1) is 0 Å². The molecule has 2 heterocycles. The van der Waals surface area contributed by atoms with E-state index in [-0.39, 0.29) is 5.91 Å². The summed E-state index contributed by atoms with van der Waals surface area (Å²) in [5, 5.41) is 1.22. The van der Waals surface area contributed by atoms with Crippen LogP contribution < -0.4 is 4.90 Å². The summed E-state index contributed by atoms with van der Waals surface area (Å²) in [5.41, 5.74) is 1.86. The predicted molar refractivity (Wildman–Crippen MR) is 109 cm³/mol. The monoisotopic (exact) mass is 396 g/mol. The molecule has 0 unspecified atom stereocenters. The van der Waals surface area contributed by atoms with Crippen LogP contribution in [-0.2, 0) is 17.8 Å². The third-order valence-corrected chi connectivity index (χ3v) is 5.60. The summed E-state index contributed by atoms with van der Waals surface area (Å²) in [5.74, 6) is 0.721. The van der Waals surface area contributed by atoms with Gasteiger partial charge >= 0.3 is 0 Å². The topological polar surface area (TPSA) is 46.3 Å². The van der Waals surface area contributed by atoms with Crippen LogP contribution in [0.3, 0.4) is 0 Å². The third kappa shape index (κ3) is 4.04. The Bertz CT molecular complexity index is 1040. The van der Waals surface area contributed by atoms with E-state index in [1.165, 1.54) is 11.3 Å². The predicted octanol–water partition coefficient (Wildman–Crippen LogP) is 5.71. The van der Waals surface area contributed by atoms with Gasteiger partial charge in [-0.05, 0) is 36.2 Å². The Hall–Kier alpha value is -2.63. The number of carbonyl (C=O) groups excluding carboxylic acids is 1. The fourth-order valence-electron chi connectivity index (χ4n) is 2.87. The third-order valence-electron chi connectivity index (χ3n) is 4.25. The second-order valence-corrected chi connectivity index (χ2v) is 7.54. The van der Waals surface area contributed by atoms with Crippen LogP contribution in [0.5, 0.6) is 0 Å². The van der Waals surface area contributed by atoms with E-state index in [4.69, 9.17) is 16.0 Å². The molecule has 0 bridgehead atoms. The number of thiazole rings is 1. The van der Waals surface area contributed by atoms with Crippen LogP contribution in [-0.4, -0.2) is 10.9 Å². The van der Waals surface area contributed by atoms with Gasteiger partial charge in [-0.3, -0.25) is 9.69 Å². The summed E-state index contributed by atoms with van der Waals surface area (Å²) >= 11 is 7.72. The van der Waals surface area contributed by atoms with E-state index in [9.17, 15) is 4.79 Å². The SMILES string of the molecule is O=C(CCc1ccccc1)N(Cc1ccco1)c1nc2c(Cl)cccc2s1. The lowest BCUT2D eigenvalue weighted by molar-refractivity contribution is -0.118. The molecule has 6 heteroatoms. The first kappa shape index (κ1) is 17.8. The standard InChI is InChI=1S/C21H17ClN2O2S/c22-17-9-4-10-18-20(17)23-21(27-18)24(14-16-8-5-13-26-16)19(25)12-11-15-6-2-1-3-7-15/h1-10,13H,11-12,14H2. The Morgan fingerprint density at radius 2 is 1.93 bits per heavy atom. The molecule has 2 aromatic carbocycles. The highest BCUT2D eigenvalue weighted by Crippen LogP contribution is 2.33. The molecule has 0 saturated heterocycles. The zero-order valence-electron chi connectivity index (χ0n) is 14.5. The summed E-state index contributed by atoms with van der Waals surface area (Å²) in [7, 11) is 0. The van der Waals surface area contributed by atoms with E-state index < -0.39 is 0 Å². The van der Waals surface area contributed by atoms with Gasteiger partial charge in [0.25, 0.3) is 0 Å². The number of hydrogen-bond donors (Lipinski definition) is 0. The summed E-state index contributed by atoms with van der Waals surface area (Å²) in [6.45, 7) is 0.345. The van der Waals surface area contributed by atoms with Crippen LogP contribution >= 0.6 is 22.9 Å². The van der Waals surface area contributed by atoms with E-state index in [1.54, 1.807) is 11.2 Å². The molecular weight excluding hydrogens is 380 g/mol. The average molecular weight is 397 g/mol. The smallest absolute Gasteiger partial charge is 0.229 e. The van der Waals surface area contributed by atoms with Gasteiger partial charge < -0.3 is 4.42 Å². The van der Waals surface area contributed by atoms with Crippen molar-refractivity contribution in [2.24, 2.45) is 0 Å². The summed E-state index contributed by atoms with van der Waals surface area (Å²) in [4.78, 5) is 19.3. The zero-order chi connectivity index (χ0) is 18.6. The molecule has 0 spiro atoms. The highest BCUT2D eigenvalue weighted by molar-refractivity contribution is 7.22. The Labute approximate surface area is 166 Å². The molecule has 0 atom stereocenters. The van der Waals surface area contributed by atoms with Crippen molar-refractivity contribution in [1.29, 1.82) is 0 Å². The fourth-order valence-corrected chi connectivity index (χ4v) is 4.15. The highest BCUT2D eigenvalue weighted by Gasteiger charge is 2.21. The molecule has 0 N–H and O–H groups in total. The number of aryl methyl sites for hydroxylation is 1. The molecule has 4 nitrogen and oxygen atoms in total. The molecule has 0 aliphatic carbocycles. The Morgan fingerprint density at radius 3 is 2.67 bits per heavy atom. The number of nitrogens with zero attached hydrogens (tertiary/aromatic N) is 2. The summed E-state index contributed by atoms with van der Waals surface area (Å²) < 4.78 is 6.41. The molecule has 2 aromatic heterocycles. The maximum Gasteiger partial charge on any atom is 0.229 e. The molecule has 136 valence electrons. The minimum Gasteiger partial charge on any atom is -0.467 e. The normalized spacial score (nSPS) is 11.0. The van der Waals surface area contributed by atoms with Crippen molar-refractivity contribution in [2.45, 2.75) is 19.4 Å². The Morgan fingerprint density at radius 1 is 1.07 bits per heavy atom. The molecule has 27 heavy (non-hydrogen) atoms. The molecule has 0 fully saturated rings. The van der Waals surface area contributed by atoms with Crippen molar-refractivity contribution in [2.75, 3.05) is 4.90 Å². The lowest BCUT2D eigenvalue weighted by atomic mass is 10.1. The van der Waals surface area contributed by atoms with Gasteiger partial charge in [0, 0.05) is 6.42 Å². The lowest BCUT2D eigenvalue weighted by Crippen LogP contribution is -2.30. The summed E-state index contributed by atoms with van der Waals surface area (Å²) in [6, 6.07) is 19.3. The van der Waals surface area contributed by atoms with Crippen LogP contribution in [0.15, 0.2) is 71.3 Å². The van der Waals surface area contributed by atoms with Crippen LogP contribution in [0.4, 0.5) is 5.13 Å². The van der Waals surface area contributed by atoms with Crippen molar-refractivity contribution in [3.05, 3.63) is 83.3 Å². The molecule has 4 rings (SSSR count).